The highest BCUT2D eigenvalue weighted by Crippen LogP contribution is 2.33. The average Bonchev–Trinajstić information content (AvgIpc) is 2.46. The minimum atomic E-state index is 0.947. The van der Waals surface area contributed by atoms with Crippen LogP contribution in [0.25, 0.3) is 0 Å². The van der Waals surface area contributed by atoms with Gasteiger partial charge in [-0.3, -0.25) is 0 Å². The highest BCUT2D eigenvalue weighted by atomic mass is 32.2. The van der Waals surface area contributed by atoms with Crippen molar-refractivity contribution in [3.63, 3.8) is 0 Å². The fourth-order valence-electron chi connectivity index (χ4n) is 2.28. The van der Waals surface area contributed by atoms with Gasteiger partial charge in [-0.15, -0.1) is 0 Å². The smallest absolute Gasteiger partial charge is 0.0216 e. The third-order valence-corrected chi connectivity index (χ3v) is 4.80. The van der Waals surface area contributed by atoms with Gasteiger partial charge in [-0.25, -0.2) is 0 Å². The van der Waals surface area contributed by atoms with Crippen LogP contribution in [0.2, 0.25) is 0 Å². The summed E-state index contributed by atoms with van der Waals surface area (Å²) >= 11 is 1.88. The molecule has 1 nitrogen and oxygen atoms in total. The van der Waals surface area contributed by atoms with E-state index < -0.39 is 0 Å². The molecule has 0 aromatic heterocycles. The molecule has 2 aromatic rings. The normalized spacial score (nSPS) is 10.9. The number of benzene rings is 2. The van der Waals surface area contributed by atoms with Gasteiger partial charge in [0.25, 0.3) is 0 Å². The summed E-state index contributed by atoms with van der Waals surface area (Å²) < 4.78 is 0. The van der Waals surface area contributed by atoms with Crippen molar-refractivity contribution in [2.45, 2.75) is 50.5 Å². The summed E-state index contributed by atoms with van der Waals surface area (Å²) in [6.07, 6.45) is 1.17. The lowest BCUT2D eigenvalue weighted by Gasteiger charge is -2.13. The molecule has 0 saturated heterocycles. The van der Waals surface area contributed by atoms with E-state index in [1.165, 1.54) is 38.5 Å². The standard InChI is InChI=1S/C19H25NS/c1-5-10-20-13-17-11-14(2)7-9-18(17)21-19-12-15(3)6-8-16(19)4/h6-9,11-12,20H,5,10,13H2,1-4H3. The Kier molecular flexibility index (Phi) is 5.89. The van der Waals surface area contributed by atoms with Crippen LogP contribution >= 0.6 is 11.8 Å². The number of aryl methyl sites for hydroxylation is 3. The minimum absolute atomic E-state index is 0.947. The molecular formula is C19H25NS. The first-order chi connectivity index (χ1) is 10.1. The SMILES string of the molecule is CCCNCc1cc(C)ccc1Sc1cc(C)ccc1C. The van der Waals surface area contributed by atoms with Crippen molar-refractivity contribution in [2.24, 2.45) is 0 Å². The molecule has 0 bridgehead atoms. The number of hydrogen-bond donors (Lipinski definition) is 1. The molecule has 0 saturated carbocycles. The predicted octanol–water partition coefficient (Wildman–Crippen LogP) is 5.26. The van der Waals surface area contributed by atoms with E-state index in [0.29, 0.717) is 0 Å². The van der Waals surface area contributed by atoms with Crippen LogP contribution in [0.3, 0.4) is 0 Å². The van der Waals surface area contributed by atoms with Gasteiger partial charge in [0.05, 0.1) is 0 Å². The molecule has 2 heteroatoms. The number of rotatable bonds is 6. The summed E-state index contributed by atoms with van der Waals surface area (Å²) in [5.74, 6) is 0. The second-order valence-electron chi connectivity index (χ2n) is 5.66. The second-order valence-corrected chi connectivity index (χ2v) is 6.74. The predicted molar refractivity (Wildman–Crippen MR) is 93.2 cm³/mol. The van der Waals surface area contributed by atoms with Gasteiger partial charge in [-0.05, 0) is 62.6 Å². The van der Waals surface area contributed by atoms with Gasteiger partial charge in [0, 0.05) is 16.3 Å². The fourth-order valence-corrected chi connectivity index (χ4v) is 3.39. The quantitative estimate of drug-likeness (QED) is 0.730. The Hall–Kier alpha value is -1.25. The average molecular weight is 299 g/mol. The molecule has 0 atom stereocenters. The van der Waals surface area contributed by atoms with Gasteiger partial charge in [0.15, 0.2) is 0 Å². The van der Waals surface area contributed by atoms with Crippen molar-refractivity contribution < 1.29 is 0 Å². The van der Waals surface area contributed by atoms with Gasteiger partial charge in [0.2, 0.25) is 0 Å². The highest BCUT2D eigenvalue weighted by Gasteiger charge is 2.07. The van der Waals surface area contributed by atoms with Gasteiger partial charge in [-0.2, -0.15) is 0 Å². The van der Waals surface area contributed by atoms with Crippen LogP contribution in [0, 0.1) is 20.8 Å². The molecule has 0 amide bonds. The van der Waals surface area contributed by atoms with Crippen LogP contribution in [-0.4, -0.2) is 6.54 Å². The zero-order valence-corrected chi connectivity index (χ0v) is 14.3. The molecule has 2 aromatic carbocycles. The van der Waals surface area contributed by atoms with Crippen LogP contribution in [-0.2, 0) is 6.54 Å². The molecule has 0 aliphatic rings. The molecule has 0 aliphatic heterocycles. The summed E-state index contributed by atoms with van der Waals surface area (Å²) in [5, 5.41) is 3.52. The van der Waals surface area contributed by atoms with E-state index in [1.54, 1.807) is 0 Å². The molecule has 2 rings (SSSR count). The van der Waals surface area contributed by atoms with Crippen molar-refractivity contribution in [3.05, 3.63) is 58.7 Å². The lowest BCUT2D eigenvalue weighted by atomic mass is 10.1. The highest BCUT2D eigenvalue weighted by molar-refractivity contribution is 7.99. The third-order valence-electron chi connectivity index (χ3n) is 3.52. The van der Waals surface area contributed by atoms with Crippen molar-refractivity contribution in [1.82, 2.24) is 5.32 Å². The van der Waals surface area contributed by atoms with Crippen LogP contribution in [0.5, 0.6) is 0 Å². The number of nitrogens with one attached hydrogen (secondary N) is 1. The van der Waals surface area contributed by atoms with Crippen LogP contribution in [0.4, 0.5) is 0 Å². The van der Waals surface area contributed by atoms with Crippen molar-refractivity contribution >= 4 is 11.8 Å². The van der Waals surface area contributed by atoms with Crippen LogP contribution in [0.1, 0.15) is 35.6 Å². The van der Waals surface area contributed by atoms with Gasteiger partial charge >= 0.3 is 0 Å². The summed E-state index contributed by atoms with van der Waals surface area (Å²) in [6.45, 7) is 10.7. The Morgan fingerprint density at radius 2 is 1.62 bits per heavy atom. The molecular weight excluding hydrogens is 274 g/mol. The van der Waals surface area contributed by atoms with Crippen LogP contribution in [0.15, 0.2) is 46.2 Å². The van der Waals surface area contributed by atoms with E-state index in [4.69, 9.17) is 0 Å². The van der Waals surface area contributed by atoms with E-state index >= 15 is 0 Å². The first-order valence-corrected chi connectivity index (χ1v) is 8.47. The van der Waals surface area contributed by atoms with E-state index in [1.807, 2.05) is 11.8 Å². The van der Waals surface area contributed by atoms with E-state index in [-0.39, 0.29) is 0 Å². The third kappa shape index (κ3) is 4.62. The minimum Gasteiger partial charge on any atom is -0.313 e. The van der Waals surface area contributed by atoms with E-state index in [9.17, 15) is 0 Å². The van der Waals surface area contributed by atoms with E-state index in [2.05, 4.69) is 69.4 Å². The lowest BCUT2D eigenvalue weighted by Crippen LogP contribution is -2.14. The molecule has 0 spiro atoms. The molecule has 112 valence electrons. The van der Waals surface area contributed by atoms with Gasteiger partial charge in [0.1, 0.15) is 0 Å². The monoisotopic (exact) mass is 299 g/mol. The molecule has 21 heavy (non-hydrogen) atoms. The Morgan fingerprint density at radius 3 is 2.38 bits per heavy atom. The maximum Gasteiger partial charge on any atom is 0.0216 e. The zero-order valence-electron chi connectivity index (χ0n) is 13.5. The summed E-state index contributed by atoms with van der Waals surface area (Å²) in [4.78, 5) is 2.72. The molecule has 0 heterocycles. The topological polar surface area (TPSA) is 12.0 Å². The van der Waals surface area contributed by atoms with E-state index in [0.717, 1.165) is 13.1 Å². The molecule has 0 radical (unpaired) electrons. The molecule has 1 N–H and O–H groups in total. The Morgan fingerprint density at radius 1 is 0.905 bits per heavy atom. The maximum atomic E-state index is 3.52. The summed E-state index contributed by atoms with van der Waals surface area (Å²) in [7, 11) is 0. The first kappa shape index (κ1) is 16.1. The molecule has 0 aliphatic carbocycles. The summed E-state index contributed by atoms with van der Waals surface area (Å²) in [6, 6.07) is 13.4. The molecule has 0 unspecified atom stereocenters. The van der Waals surface area contributed by atoms with Crippen molar-refractivity contribution in [2.75, 3.05) is 6.54 Å². The largest absolute Gasteiger partial charge is 0.313 e. The Labute approximate surface area is 133 Å². The van der Waals surface area contributed by atoms with Gasteiger partial charge in [-0.1, -0.05) is 48.5 Å². The maximum absolute atomic E-state index is 3.52. The number of hydrogen-bond acceptors (Lipinski definition) is 2. The van der Waals surface area contributed by atoms with Gasteiger partial charge < -0.3 is 5.32 Å². The second kappa shape index (κ2) is 7.67. The van der Waals surface area contributed by atoms with Crippen molar-refractivity contribution in [1.29, 1.82) is 0 Å². The fraction of sp³-hybridized carbons (Fsp3) is 0.368. The Bertz CT molecular complexity index is 605. The van der Waals surface area contributed by atoms with Crippen LogP contribution < -0.4 is 5.32 Å². The Balaban J connectivity index is 2.24. The summed E-state index contributed by atoms with van der Waals surface area (Å²) in [5.41, 5.74) is 5.39. The lowest BCUT2D eigenvalue weighted by molar-refractivity contribution is 0.669. The molecule has 0 fully saturated rings. The zero-order chi connectivity index (χ0) is 15.2. The first-order valence-electron chi connectivity index (χ1n) is 7.65. The van der Waals surface area contributed by atoms with Crippen molar-refractivity contribution in [3.8, 4) is 0 Å².